The second kappa shape index (κ2) is 4.22. The number of hydrogen-bond acceptors (Lipinski definition) is 3. The molecule has 17 heavy (non-hydrogen) atoms. The standard InChI is InChI=1S/C14H26N2O/c1-3-13(4-2)7-8-15-14(17-13)11-16-9-5-12(14)6-10-16/h12,15H,3-11H2,1-2H3. The van der Waals surface area contributed by atoms with Crippen LogP contribution in [0.25, 0.3) is 0 Å². The normalized spacial score (nSPS) is 44.1. The molecule has 0 aromatic carbocycles. The molecule has 1 spiro atoms. The maximum absolute atomic E-state index is 6.68. The van der Waals surface area contributed by atoms with Gasteiger partial charge in [0.1, 0.15) is 5.72 Å². The SMILES string of the molecule is CCC1(CC)CCNC2(CN3CCC2CC3)O1. The highest BCUT2D eigenvalue weighted by Crippen LogP contribution is 2.43. The summed E-state index contributed by atoms with van der Waals surface area (Å²) in [7, 11) is 0. The molecule has 1 N–H and O–H groups in total. The number of nitrogens with zero attached hydrogens (tertiary/aromatic N) is 1. The van der Waals surface area contributed by atoms with E-state index in [0.29, 0.717) is 0 Å². The van der Waals surface area contributed by atoms with Gasteiger partial charge in [0.15, 0.2) is 0 Å². The van der Waals surface area contributed by atoms with Gasteiger partial charge in [0, 0.05) is 19.0 Å². The molecule has 4 aliphatic rings. The first-order chi connectivity index (χ1) is 8.22. The maximum Gasteiger partial charge on any atom is 0.135 e. The van der Waals surface area contributed by atoms with Crippen LogP contribution in [0.2, 0.25) is 0 Å². The van der Waals surface area contributed by atoms with Crippen LogP contribution in [0.4, 0.5) is 0 Å². The summed E-state index contributed by atoms with van der Waals surface area (Å²) in [5, 5.41) is 3.73. The van der Waals surface area contributed by atoms with Crippen LogP contribution in [0.15, 0.2) is 0 Å². The predicted octanol–water partition coefficient (Wildman–Crippen LogP) is 1.98. The number of fused-ring (bicyclic) bond motifs is 2. The average Bonchev–Trinajstić information content (AvgIpc) is 2.40. The quantitative estimate of drug-likeness (QED) is 0.796. The van der Waals surface area contributed by atoms with E-state index in [4.69, 9.17) is 4.74 Å². The van der Waals surface area contributed by atoms with Crippen LogP contribution < -0.4 is 5.32 Å². The number of ether oxygens (including phenoxy) is 1. The first-order valence-corrected chi connectivity index (χ1v) is 7.39. The van der Waals surface area contributed by atoms with Crippen LogP contribution in [0, 0.1) is 5.92 Å². The highest BCUT2D eigenvalue weighted by molar-refractivity contribution is 5.02. The van der Waals surface area contributed by atoms with Gasteiger partial charge in [-0.05, 0) is 45.2 Å². The van der Waals surface area contributed by atoms with Gasteiger partial charge in [0.05, 0.1) is 5.60 Å². The van der Waals surface area contributed by atoms with Crippen molar-refractivity contribution in [1.82, 2.24) is 10.2 Å². The Morgan fingerprint density at radius 1 is 1.24 bits per heavy atom. The Hall–Kier alpha value is -0.120. The summed E-state index contributed by atoms with van der Waals surface area (Å²) in [5.74, 6) is 0.741. The second-order valence-electron chi connectivity index (χ2n) is 6.11. The summed E-state index contributed by atoms with van der Waals surface area (Å²) in [6.45, 7) is 9.37. The number of rotatable bonds is 2. The molecule has 4 rings (SSSR count). The zero-order valence-electron chi connectivity index (χ0n) is 11.3. The monoisotopic (exact) mass is 238 g/mol. The zero-order valence-corrected chi connectivity index (χ0v) is 11.3. The molecule has 1 atom stereocenters. The zero-order chi connectivity index (χ0) is 11.9. The number of hydrogen-bond donors (Lipinski definition) is 1. The molecule has 2 bridgehead atoms. The van der Waals surface area contributed by atoms with Crippen LogP contribution in [-0.2, 0) is 4.74 Å². The largest absolute Gasteiger partial charge is 0.353 e. The van der Waals surface area contributed by atoms with E-state index in [2.05, 4.69) is 24.1 Å². The summed E-state index contributed by atoms with van der Waals surface area (Å²) < 4.78 is 6.68. The van der Waals surface area contributed by atoms with Crippen molar-refractivity contribution in [1.29, 1.82) is 0 Å². The Morgan fingerprint density at radius 2 is 1.94 bits per heavy atom. The highest BCUT2D eigenvalue weighted by atomic mass is 16.5. The molecule has 0 aromatic heterocycles. The fourth-order valence-electron chi connectivity index (χ4n) is 4.06. The van der Waals surface area contributed by atoms with E-state index in [1.165, 1.54) is 32.4 Å². The van der Waals surface area contributed by atoms with Crippen LogP contribution in [0.5, 0.6) is 0 Å². The lowest BCUT2D eigenvalue weighted by molar-refractivity contribution is -0.258. The van der Waals surface area contributed by atoms with Crippen LogP contribution >= 0.6 is 0 Å². The van der Waals surface area contributed by atoms with Crippen molar-refractivity contribution in [2.75, 3.05) is 26.2 Å². The second-order valence-corrected chi connectivity index (χ2v) is 6.11. The molecule has 0 aromatic rings. The van der Waals surface area contributed by atoms with Crippen molar-refractivity contribution < 1.29 is 4.74 Å². The molecule has 4 saturated heterocycles. The predicted molar refractivity (Wildman–Crippen MR) is 68.9 cm³/mol. The first kappa shape index (κ1) is 11.9. The Kier molecular flexibility index (Phi) is 2.96. The third-order valence-corrected chi connectivity index (χ3v) is 5.40. The highest BCUT2D eigenvalue weighted by Gasteiger charge is 2.53. The molecular formula is C14H26N2O. The van der Waals surface area contributed by atoms with Crippen molar-refractivity contribution >= 4 is 0 Å². The number of nitrogens with one attached hydrogen (secondary N) is 1. The fourth-order valence-corrected chi connectivity index (χ4v) is 4.06. The lowest BCUT2D eigenvalue weighted by Crippen LogP contribution is -2.72. The summed E-state index contributed by atoms with van der Waals surface area (Å²) in [6.07, 6.45) is 6.11. The third kappa shape index (κ3) is 1.83. The van der Waals surface area contributed by atoms with E-state index < -0.39 is 0 Å². The molecule has 1 unspecified atom stereocenters. The Bertz CT molecular complexity index is 282. The van der Waals surface area contributed by atoms with E-state index in [-0.39, 0.29) is 11.3 Å². The molecule has 4 fully saturated rings. The molecule has 0 amide bonds. The molecular weight excluding hydrogens is 212 g/mol. The Balaban J connectivity index is 1.83. The van der Waals surface area contributed by atoms with Crippen LogP contribution in [-0.4, -0.2) is 42.4 Å². The lowest BCUT2D eigenvalue weighted by atomic mass is 9.78. The van der Waals surface area contributed by atoms with E-state index in [0.717, 1.165) is 31.8 Å². The molecule has 3 heteroatoms. The van der Waals surface area contributed by atoms with Gasteiger partial charge in [-0.3, -0.25) is 10.2 Å². The van der Waals surface area contributed by atoms with E-state index in [9.17, 15) is 0 Å². The minimum absolute atomic E-state index is 0.0131. The summed E-state index contributed by atoms with van der Waals surface area (Å²) >= 11 is 0. The Morgan fingerprint density at radius 3 is 2.47 bits per heavy atom. The van der Waals surface area contributed by atoms with Gasteiger partial charge in [0.25, 0.3) is 0 Å². The first-order valence-electron chi connectivity index (χ1n) is 7.39. The van der Waals surface area contributed by atoms with Crippen molar-refractivity contribution in [2.24, 2.45) is 5.92 Å². The molecule has 98 valence electrons. The van der Waals surface area contributed by atoms with E-state index in [1.807, 2.05) is 0 Å². The van der Waals surface area contributed by atoms with Crippen molar-refractivity contribution in [3.05, 3.63) is 0 Å². The van der Waals surface area contributed by atoms with Crippen molar-refractivity contribution in [3.63, 3.8) is 0 Å². The number of piperidine rings is 3. The van der Waals surface area contributed by atoms with Crippen LogP contribution in [0.3, 0.4) is 0 Å². The molecule has 3 nitrogen and oxygen atoms in total. The Labute approximate surface area is 105 Å². The lowest BCUT2D eigenvalue weighted by Gasteiger charge is -2.58. The topological polar surface area (TPSA) is 24.5 Å². The van der Waals surface area contributed by atoms with Gasteiger partial charge in [-0.15, -0.1) is 0 Å². The molecule has 0 aliphatic carbocycles. The van der Waals surface area contributed by atoms with Gasteiger partial charge in [-0.1, -0.05) is 13.8 Å². The smallest absolute Gasteiger partial charge is 0.135 e. The summed E-state index contributed by atoms with van der Waals surface area (Å²) in [4.78, 5) is 2.58. The molecule has 4 heterocycles. The van der Waals surface area contributed by atoms with E-state index in [1.54, 1.807) is 0 Å². The minimum Gasteiger partial charge on any atom is -0.353 e. The van der Waals surface area contributed by atoms with Crippen LogP contribution in [0.1, 0.15) is 46.0 Å². The van der Waals surface area contributed by atoms with E-state index >= 15 is 0 Å². The minimum atomic E-state index is -0.0131. The maximum atomic E-state index is 6.68. The fraction of sp³-hybridized carbons (Fsp3) is 1.00. The van der Waals surface area contributed by atoms with Gasteiger partial charge in [-0.25, -0.2) is 0 Å². The molecule has 4 aliphatic heterocycles. The van der Waals surface area contributed by atoms with Gasteiger partial charge < -0.3 is 4.74 Å². The van der Waals surface area contributed by atoms with Gasteiger partial charge >= 0.3 is 0 Å². The van der Waals surface area contributed by atoms with Crippen molar-refractivity contribution in [2.45, 2.75) is 57.3 Å². The van der Waals surface area contributed by atoms with Gasteiger partial charge in [-0.2, -0.15) is 0 Å². The molecule has 0 saturated carbocycles. The van der Waals surface area contributed by atoms with Gasteiger partial charge in [0.2, 0.25) is 0 Å². The third-order valence-electron chi connectivity index (χ3n) is 5.40. The average molecular weight is 238 g/mol. The van der Waals surface area contributed by atoms with Crippen molar-refractivity contribution in [3.8, 4) is 0 Å². The summed E-state index contributed by atoms with van der Waals surface area (Å²) in [5.41, 5.74) is 0.130. The summed E-state index contributed by atoms with van der Waals surface area (Å²) in [6, 6.07) is 0. The molecule has 0 radical (unpaired) electrons.